The maximum atomic E-state index is 4.92. The Labute approximate surface area is 102 Å². The molecule has 2 bridgehead atoms. The topological polar surface area (TPSA) is 41.3 Å². The highest BCUT2D eigenvalue weighted by molar-refractivity contribution is 5.02. The molecule has 1 aromatic heterocycles. The standard InChI is InChI=1S/C13H21N3O/c1-2-14-11-7-12-3-4-13(8-11)16(12)9-10-5-6-17-15-10/h5-6,11-14H,2-4,7-9H2,1H3. The van der Waals surface area contributed by atoms with Gasteiger partial charge in [0, 0.05) is 30.7 Å². The first-order valence-electron chi connectivity index (χ1n) is 6.75. The Morgan fingerprint density at radius 3 is 2.76 bits per heavy atom. The van der Waals surface area contributed by atoms with Crippen LogP contribution in [-0.2, 0) is 6.54 Å². The predicted molar refractivity (Wildman–Crippen MR) is 65.6 cm³/mol. The molecule has 0 aliphatic carbocycles. The SMILES string of the molecule is CCNC1CC2CCC(C1)N2Cc1ccon1. The van der Waals surface area contributed by atoms with Gasteiger partial charge in [-0.1, -0.05) is 12.1 Å². The molecule has 4 nitrogen and oxygen atoms in total. The number of aromatic nitrogens is 1. The van der Waals surface area contributed by atoms with Gasteiger partial charge in [0.05, 0.1) is 5.69 Å². The summed E-state index contributed by atoms with van der Waals surface area (Å²) >= 11 is 0. The molecule has 4 heteroatoms. The van der Waals surface area contributed by atoms with Crippen LogP contribution >= 0.6 is 0 Å². The van der Waals surface area contributed by atoms with E-state index in [1.165, 1.54) is 25.7 Å². The van der Waals surface area contributed by atoms with Gasteiger partial charge in [0.25, 0.3) is 0 Å². The Kier molecular flexibility index (Phi) is 3.16. The summed E-state index contributed by atoms with van der Waals surface area (Å²) in [7, 11) is 0. The monoisotopic (exact) mass is 235 g/mol. The van der Waals surface area contributed by atoms with Gasteiger partial charge in [0.15, 0.2) is 0 Å². The van der Waals surface area contributed by atoms with Crippen molar-refractivity contribution in [3.63, 3.8) is 0 Å². The Hall–Kier alpha value is -0.870. The van der Waals surface area contributed by atoms with Crippen LogP contribution in [0.3, 0.4) is 0 Å². The van der Waals surface area contributed by atoms with Crippen molar-refractivity contribution in [2.75, 3.05) is 6.54 Å². The minimum absolute atomic E-state index is 0.728. The van der Waals surface area contributed by atoms with Crippen LogP contribution in [-0.4, -0.2) is 34.7 Å². The van der Waals surface area contributed by atoms with Crippen molar-refractivity contribution < 1.29 is 4.52 Å². The molecule has 17 heavy (non-hydrogen) atoms. The van der Waals surface area contributed by atoms with Crippen LogP contribution in [0.4, 0.5) is 0 Å². The van der Waals surface area contributed by atoms with Gasteiger partial charge >= 0.3 is 0 Å². The van der Waals surface area contributed by atoms with Crippen LogP contribution in [0.2, 0.25) is 0 Å². The summed E-state index contributed by atoms with van der Waals surface area (Å²) < 4.78 is 4.92. The first-order chi connectivity index (χ1) is 8.36. The number of nitrogens with one attached hydrogen (secondary N) is 1. The number of piperidine rings is 1. The Bertz CT molecular complexity index is 338. The van der Waals surface area contributed by atoms with Crippen molar-refractivity contribution in [1.29, 1.82) is 0 Å². The lowest BCUT2D eigenvalue weighted by molar-refractivity contribution is 0.107. The molecule has 1 N–H and O–H groups in total. The largest absolute Gasteiger partial charge is 0.364 e. The summed E-state index contributed by atoms with van der Waals surface area (Å²) in [5.74, 6) is 0. The van der Waals surface area contributed by atoms with E-state index in [0.29, 0.717) is 0 Å². The molecule has 2 aliphatic rings. The molecule has 94 valence electrons. The molecule has 0 aromatic carbocycles. The Morgan fingerprint density at radius 2 is 2.18 bits per heavy atom. The molecular weight excluding hydrogens is 214 g/mol. The van der Waals surface area contributed by atoms with Gasteiger partial charge in [-0.25, -0.2) is 0 Å². The average molecular weight is 235 g/mol. The van der Waals surface area contributed by atoms with E-state index >= 15 is 0 Å². The van der Waals surface area contributed by atoms with Crippen LogP contribution < -0.4 is 5.32 Å². The second-order valence-electron chi connectivity index (χ2n) is 5.27. The molecule has 1 aromatic rings. The first kappa shape index (κ1) is 11.2. The lowest BCUT2D eigenvalue weighted by Gasteiger charge is -2.38. The number of nitrogens with zero attached hydrogens (tertiary/aromatic N) is 2. The Balaban J connectivity index is 1.64. The quantitative estimate of drug-likeness (QED) is 0.863. The van der Waals surface area contributed by atoms with Crippen LogP contribution in [0.25, 0.3) is 0 Å². The van der Waals surface area contributed by atoms with E-state index < -0.39 is 0 Å². The second kappa shape index (κ2) is 4.78. The van der Waals surface area contributed by atoms with Crippen molar-refractivity contribution in [1.82, 2.24) is 15.4 Å². The molecule has 0 radical (unpaired) electrons. The number of fused-ring (bicyclic) bond motifs is 2. The summed E-state index contributed by atoms with van der Waals surface area (Å²) in [5.41, 5.74) is 1.07. The van der Waals surface area contributed by atoms with E-state index in [0.717, 1.165) is 36.9 Å². The zero-order valence-corrected chi connectivity index (χ0v) is 10.4. The summed E-state index contributed by atoms with van der Waals surface area (Å²) in [5, 5.41) is 7.63. The van der Waals surface area contributed by atoms with Crippen molar-refractivity contribution in [2.45, 2.75) is 57.3 Å². The van der Waals surface area contributed by atoms with Gasteiger partial charge in [-0.2, -0.15) is 0 Å². The number of hydrogen-bond acceptors (Lipinski definition) is 4. The minimum atomic E-state index is 0.728. The Morgan fingerprint density at radius 1 is 1.41 bits per heavy atom. The van der Waals surface area contributed by atoms with Gasteiger partial charge in [-0.15, -0.1) is 0 Å². The average Bonchev–Trinajstić information content (AvgIpc) is 2.89. The lowest BCUT2D eigenvalue weighted by atomic mass is 9.97. The molecule has 3 rings (SSSR count). The minimum Gasteiger partial charge on any atom is -0.364 e. The van der Waals surface area contributed by atoms with E-state index in [9.17, 15) is 0 Å². The van der Waals surface area contributed by atoms with Crippen molar-refractivity contribution >= 4 is 0 Å². The van der Waals surface area contributed by atoms with Crippen molar-refractivity contribution in [3.05, 3.63) is 18.0 Å². The van der Waals surface area contributed by atoms with Gasteiger partial charge in [0.2, 0.25) is 0 Å². The molecule has 0 saturated carbocycles. The third kappa shape index (κ3) is 2.24. The molecular formula is C13H21N3O. The van der Waals surface area contributed by atoms with Gasteiger partial charge < -0.3 is 9.84 Å². The molecule has 2 fully saturated rings. The normalized spacial score (nSPS) is 33.1. The second-order valence-corrected chi connectivity index (χ2v) is 5.27. The number of rotatable bonds is 4. The first-order valence-corrected chi connectivity index (χ1v) is 6.75. The highest BCUT2D eigenvalue weighted by Crippen LogP contribution is 2.36. The molecule has 0 amide bonds. The highest BCUT2D eigenvalue weighted by atomic mass is 16.5. The van der Waals surface area contributed by atoms with E-state index in [-0.39, 0.29) is 0 Å². The summed E-state index contributed by atoms with van der Waals surface area (Å²) in [6, 6.07) is 4.20. The van der Waals surface area contributed by atoms with Crippen LogP contribution in [0.15, 0.2) is 16.9 Å². The van der Waals surface area contributed by atoms with E-state index in [2.05, 4.69) is 22.3 Å². The molecule has 2 aliphatic heterocycles. The van der Waals surface area contributed by atoms with Crippen molar-refractivity contribution in [3.8, 4) is 0 Å². The van der Waals surface area contributed by atoms with Crippen LogP contribution in [0.5, 0.6) is 0 Å². The summed E-state index contributed by atoms with van der Waals surface area (Å²) in [4.78, 5) is 2.63. The summed E-state index contributed by atoms with van der Waals surface area (Å²) in [6.45, 7) is 4.25. The zero-order valence-electron chi connectivity index (χ0n) is 10.4. The molecule has 0 spiro atoms. The third-order valence-electron chi connectivity index (χ3n) is 4.21. The van der Waals surface area contributed by atoms with Gasteiger partial charge in [-0.05, 0) is 32.2 Å². The third-order valence-corrected chi connectivity index (χ3v) is 4.21. The van der Waals surface area contributed by atoms with E-state index in [4.69, 9.17) is 4.52 Å². The van der Waals surface area contributed by atoms with Crippen LogP contribution in [0, 0.1) is 0 Å². The maximum absolute atomic E-state index is 4.92. The van der Waals surface area contributed by atoms with Crippen LogP contribution in [0.1, 0.15) is 38.3 Å². The van der Waals surface area contributed by atoms with E-state index in [1.807, 2.05) is 6.07 Å². The smallest absolute Gasteiger partial charge is 0.124 e. The highest BCUT2D eigenvalue weighted by Gasteiger charge is 2.40. The maximum Gasteiger partial charge on any atom is 0.124 e. The predicted octanol–water partition coefficient (Wildman–Crippen LogP) is 1.78. The van der Waals surface area contributed by atoms with Gasteiger partial charge in [0.1, 0.15) is 6.26 Å². The molecule has 2 saturated heterocycles. The number of hydrogen-bond donors (Lipinski definition) is 1. The molecule has 2 unspecified atom stereocenters. The fourth-order valence-electron chi connectivity index (χ4n) is 3.49. The zero-order chi connectivity index (χ0) is 11.7. The molecule has 2 atom stereocenters. The molecule has 3 heterocycles. The fourth-order valence-corrected chi connectivity index (χ4v) is 3.49. The fraction of sp³-hybridized carbons (Fsp3) is 0.769. The van der Waals surface area contributed by atoms with Gasteiger partial charge in [-0.3, -0.25) is 4.90 Å². The lowest BCUT2D eigenvalue weighted by Crippen LogP contribution is -2.48. The summed E-state index contributed by atoms with van der Waals surface area (Å²) in [6.07, 6.45) is 6.96. The van der Waals surface area contributed by atoms with Crippen molar-refractivity contribution in [2.24, 2.45) is 0 Å². The van der Waals surface area contributed by atoms with E-state index in [1.54, 1.807) is 6.26 Å².